The van der Waals surface area contributed by atoms with Crippen molar-refractivity contribution < 1.29 is 9.72 Å². The Hall–Kier alpha value is -1.87. The molecule has 8 nitrogen and oxygen atoms in total. The Kier molecular flexibility index (Phi) is 9.52. The number of alkyl halides is 1. The van der Waals surface area contributed by atoms with Crippen LogP contribution in [0.1, 0.15) is 15.9 Å². The fourth-order valence-corrected chi connectivity index (χ4v) is 3.10. The number of benzene rings is 1. The largest absolute Gasteiger partial charge is 0.370 e. The van der Waals surface area contributed by atoms with Gasteiger partial charge in [-0.3, -0.25) is 14.9 Å². The van der Waals surface area contributed by atoms with E-state index in [0.29, 0.717) is 38.2 Å². The number of nitrogens with zero attached hydrogens (tertiary/aromatic N) is 5. The minimum atomic E-state index is -0.622. The molecule has 0 aliphatic rings. The highest BCUT2D eigenvalue weighted by Crippen LogP contribution is 2.30. The van der Waals surface area contributed by atoms with Crippen LogP contribution in [-0.2, 0) is 0 Å². The SMILES string of the molecule is [B]CCN(CCI)c1cc(C(=O)N(C)CCN(C)C)c([N+](=O)[O-])cc1C#N. The van der Waals surface area contributed by atoms with Gasteiger partial charge in [-0.1, -0.05) is 28.9 Å². The number of hydrogen-bond donors (Lipinski definition) is 0. The van der Waals surface area contributed by atoms with E-state index in [9.17, 15) is 20.2 Å². The molecular weight excluding hydrogens is 460 g/mol. The monoisotopic (exact) mass is 483 g/mol. The van der Waals surface area contributed by atoms with Crippen molar-refractivity contribution in [2.45, 2.75) is 6.32 Å². The third-order valence-electron chi connectivity index (χ3n) is 3.99. The number of carbonyl (C=O) groups excluding carboxylic acids is 1. The molecule has 1 rings (SSSR count). The van der Waals surface area contributed by atoms with E-state index in [2.05, 4.69) is 22.6 Å². The molecule has 0 spiro atoms. The first-order valence-corrected chi connectivity index (χ1v) is 9.93. The van der Waals surface area contributed by atoms with E-state index < -0.39 is 10.8 Å². The van der Waals surface area contributed by atoms with E-state index in [1.165, 1.54) is 17.0 Å². The molecule has 0 atom stereocenters. The highest BCUT2D eigenvalue weighted by atomic mass is 127. The van der Waals surface area contributed by atoms with Gasteiger partial charge in [0, 0.05) is 43.7 Å². The predicted octanol–water partition coefficient (Wildman–Crippen LogP) is 1.93. The lowest BCUT2D eigenvalue weighted by atomic mass is 10.0. The third-order valence-corrected chi connectivity index (χ3v) is 4.47. The number of nitro groups is 1. The van der Waals surface area contributed by atoms with Gasteiger partial charge in [0.2, 0.25) is 0 Å². The first-order chi connectivity index (χ1) is 12.8. The number of carbonyl (C=O) groups is 1. The first kappa shape index (κ1) is 23.2. The Balaban J connectivity index is 3.43. The molecule has 144 valence electrons. The van der Waals surface area contributed by atoms with Crippen molar-refractivity contribution in [2.75, 3.05) is 56.6 Å². The topological polar surface area (TPSA) is 93.7 Å². The molecule has 0 aliphatic heterocycles. The Bertz CT molecular complexity index is 717. The summed E-state index contributed by atoms with van der Waals surface area (Å²) in [5, 5.41) is 21.0. The molecule has 27 heavy (non-hydrogen) atoms. The second-order valence-corrected chi connectivity index (χ2v) is 7.33. The zero-order valence-electron chi connectivity index (χ0n) is 15.8. The van der Waals surface area contributed by atoms with Gasteiger partial charge in [0.25, 0.3) is 11.6 Å². The summed E-state index contributed by atoms with van der Waals surface area (Å²) in [7, 11) is 11.0. The maximum atomic E-state index is 12.8. The second-order valence-electron chi connectivity index (χ2n) is 6.25. The van der Waals surface area contributed by atoms with Gasteiger partial charge in [0.15, 0.2) is 0 Å². The predicted molar refractivity (Wildman–Crippen MR) is 115 cm³/mol. The van der Waals surface area contributed by atoms with Crippen molar-refractivity contribution in [3.8, 4) is 6.07 Å². The van der Waals surface area contributed by atoms with Crippen LogP contribution in [-0.4, -0.2) is 80.2 Å². The quantitative estimate of drug-likeness (QED) is 0.166. The third kappa shape index (κ3) is 6.36. The van der Waals surface area contributed by atoms with Crippen molar-refractivity contribution >= 4 is 47.7 Å². The summed E-state index contributed by atoms with van der Waals surface area (Å²) in [4.78, 5) is 29.0. The number of hydrogen-bond acceptors (Lipinski definition) is 6. The molecule has 0 aliphatic carbocycles. The van der Waals surface area contributed by atoms with Crippen molar-refractivity contribution in [2.24, 2.45) is 0 Å². The molecule has 2 radical (unpaired) electrons. The molecule has 0 aromatic heterocycles. The van der Waals surface area contributed by atoms with Crippen LogP contribution in [0.5, 0.6) is 0 Å². The molecule has 0 fully saturated rings. The number of nitro benzene ring substituents is 1. The molecule has 0 bridgehead atoms. The number of anilines is 1. The molecule has 0 N–H and O–H groups in total. The summed E-state index contributed by atoms with van der Waals surface area (Å²) in [6.07, 6.45) is 0.366. The summed E-state index contributed by atoms with van der Waals surface area (Å²) in [6, 6.07) is 4.63. The maximum absolute atomic E-state index is 12.8. The van der Waals surface area contributed by atoms with Crippen LogP contribution in [0.2, 0.25) is 6.32 Å². The highest BCUT2D eigenvalue weighted by Gasteiger charge is 2.27. The smallest absolute Gasteiger partial charge is 0.283 e. The van der Waals surface area contributed by atoms with Crippen molar-refractivity contribution in [1.29, 1.82) is 5.26 Å². The zero-order chi connectivity index (χ0) is 20.6. The Labute approximate surface area is 174 Å². The van der Waals surface area contributed by atoms with E-state index in [0.717, 1.165) is 4.43 Å². The van der Waals surface area contributed by atoms with Crippen LogP contribution in [0.3, 0.4) is 0 Å². The van der Waals surface area contributed by atoms with Gasteiger partial charge < -0.3 is 14.7 Å². The number of nitriles is 1. The summed E-state index contributed by atoms with van der Waals surface area (Å²) in [5.41, 5.74) is 0.270. The lowest BCUT2D eigenvalue weighted by Gasteiger charge is -2.26. The molecule has 1 aromatic carbocycles. The van der Waals surface area contributed by atoms with Gasteiger partial charge in [-0.2, -0.15) is 5.26 Å². The van der Waals surface area contributed by atoms with E-state index in [1.54, 1.807) is 7.05 Å². The standard InChI is InChI=1S/C17H23BIN5O3/c1-21(2)8-9-22(3)17(25)14-11-15(23(6-4-18)7-5-19)13(12-20)10-16(14)24(26)27/h10-11H,4-9H2,1-3H3. The van der Waals surface area contributed by atoms with Crippen molar-refractivity contribution in [3.05, 3.63) is 33.4 Å². The van der Waals surface area contributed by atoms with E-state index in [4.69, 9.17) is 7.85 Å². The van der Waals surface area contributed by atoms with Crippen molar-refractivity contribution in [1.82, 2.24) is 9.80 Å². The summed E-state index contributed by atoms with van der Waals surface area (Å²) >= 11 is 2.21. The summed E-state index contributed by atoms with van der Waals surface area (Å²) < 4.78 is 0.783. The normalized spacial score (nSPS) is 10.5. The van der Waals surface area contributed by atoms with Crippen LogP contribution < -0.4 is 4.90 Å². The minimum absolute atomic E-state index is 0.0225. The summed E-state index contributed by atoms with van der Waals surface area (Å²) in [5.74, 6) is -0.448. The molecule has 1 aromatic rings. The van der Waals surface area contributed by atoms with Gasteiger partial charge in [-0.15, -0.1) is 0 Å². The van der Waals surface area contributed by atoms with Crippen molar-refractivity contribution in [3.63, 3.8) is 0 Å². The average Bonchev–Trinajstić information content (AvgIpc) is 2.64. The minimum Gasteiger partial charge on any atom is -0.370 e. The van der Waals surface area contributed by atoms with Crippen LogP contribution in [0.15, 0.2) is 12.1 Å². The van der Waals surface area contributed by atoms with E-state index in [1.807, 2.05) is 30.0 Å². The van der Waals surface area contributed by atoms with Crippen LogP contribution in [0.25, 0.3) is 0 Å². The fraction of sp³-hybridized carbons (Fsp3) is 0.529. The molecule has 1 amide bonds. The lowest BCUT2D eigenvalue weighted by Crippen LogP contribution is -2.34. The lowest BCUT2D eigenvalue weighted by molar-refractivity contribution is -0.385. The van der Waals surface area contributed by atoms with Gasteiger partial charge in [0.1, 0.15) is 11.6 Å². The van der Waals surface area contributed by atoms with Crippen LogP contribution in [0, 0.1) is 21.4 Å². The Morgan fingerprint density at radius 2 is 1.93 bits per heavy atom. The Morgan fingerprint density at radius 1 is 1.26 bits per heavy atom. The van der Waals surface area contributed by atoms with Gasteiger partial charge in [0.05, 0.1) is 24.0 Å². The highest BCUT2D eigenvalue weighted by molar-refractivity contribution is 14.1. The first-order valence-electron chi connectivity index (χ1n) is 8.40. The average molecular weight is 483 g/mol. The van der Waals surface area contributed by atoms with Gasteiger partial charge in [-0.05, 0) is 20.2 Å². The molecule has 0 heterocycles. The maximum Gasteiger partial charge on any atom is 0.283 e. The number of rotatable bonds is 10. The van der Waals surface area contributed by atoms with Gasteiger partial charge in [-0.25, -0.2) is 0 Å². The van der Waals surface area contributed by atoms with Crippen LogP contribution in [0.4, 0.5) is 11.4 Å². The fourth-order valence-electron chi connectivity index (χ4n) is 2.52. The summed E-state index contributed by atoms with van der Waals surface area (Å²) in [6.45, 7) is 2.17. The molecular formula is C17H23BIN5O3. The second kappa shape index (κ2) is 11.1. The van der Waals surface area contributed by atoms with E-state index >= 15 is 0 Å². The Morgan fingerprint density at radius 3 is 2.41 bits per heavy atom. The number of likely N-dealkylation sites (N-methyl/N-ethyl adjacent to an activating group) is 2. The molecule has 10 heteroatoms. The zero-order valence-corrected chi connectivity index (χ0v) is 18.0. The van der Waals surface area contributed by atoms with Gasteiger partial charge >= 0.3 is 0 Å². The molecule has 0 saturated carbocycles. The van der Waals surface area contributed by atoms with E-state index in [-0.39, 0.29) is 16.8 Å². The number of amides is 1. The molecule has 0 unspecified atom stereocenters. The van der Waals surface area contributed by atoms with Crippen LogP contribution >= 0.6 is 22.6 Å². The number of halogens is 1. The molecule has 0 saturated heterocycles.